The zero-order chi connectivity index (χ0) is 40.6. The molecule has 11 rings (SSSR count). The predicted octanol–water partition coefficient (Wildman–Crippen LogP) is 13.0. The van der Waals surface area contributed by atoms with Gasteiger partial charge in [0.25, 0.3) is 0 Å². The lowest BCUT2D eigenvalue weighted by Crippen LogP contribution is -2.28. The molecule has 0 radical (unpaired) electrons. The first-order chi connectivity index (χ1) is 30.2. The molecule has 10 aromatic rings. The maximum Gasteiger partial charge on any atom is 0.164 e. The molecule has 0 aliphatic heterocycles. The topological polar surface area (TPSA) is 64.5 Å². The second-order valence-electron chi connectivity index (χ2n) is 15.2. The highest BCUT2D eigenvalue weighted by molar-refractivity contribution is 5.93. The summed E-state index contributed by atoms with van der Waals surface area (Å²) >= 11 is 0. The molecule has 286 valence electrons. The Labute approximate surface area is 354 Å². The van der Waals surface area contributed by atoms with E-state index in [2.05, 4.69) is 127 Å². The van der Waals surface area contributed by atoms with Gasteiger partial charge in [-0.1, -0.05) is 206 Å². The number of hydrogen-bond donors (Lipinski definition) is 0. The summed E-state index contributed by atoms with van der Waals surface area (Å²) in [6.45, 7) is 0. The van der Waals surface area contributed by atoms with Crippen LogP contribution in [-0.2, 0) is 5.41 Å². The minimum absolute atomic E-state index is 0.537. The number of nitrogens with zero attached hydrogens (tertiary/aromatic N) is 5. The summed E-state index contributed by atoms with van der Waals surface area (Å²) in [5.74, 6) is 2.29. The highest BCUT2D eigenvalue weighted by Crippen LogP contribution is 2.57. The van der Waals surface area contributed by atoms with Gasteiger partial charge in [-0.25, -0.2) is 24.9 Å². The number of benzene rings is 8. The van der Waals surface area contributed by atoms with Crippen molar-refractivity contribution in [3.05, 3.63) is 247 Å². The molecule has 61 heavy (non-hydrogen) atoms. The number of aromatic nitrogens is 5. The van der Waals surface area contributed by atoms with E-state index >= 15 is 0 Å². The van der Waals surface area contributed by atoms with E-state index < -0.39 is 5.41 Å². The predicted molar refractivity (Wildman–Crippen MR) is 245 cm³/mol. The third kappa shape index (κ3) is 6.31. The summed E-state index contributed by atoms with van der Waals surface area (Å²) in [5, 5.41) is 0. The monoisotopic (exact) mass is 779 g/mol. The van der Waals surface area contributed by atoms with E-state index in [-0.39, 0.29) is 0 Å². The molecule has 0 fully saturated rings. The van der Waals surface area contributed by atoms with Gasteiger partial charge < -0.3 is 0 Å². The number of hydrogen-bond acceptors (Lipinski definition) is 5. The molecule has 0 atom stereocenters. The van der Waals surface area contributed by atoms with Crippen molar-refractivity contribution in [2.24, 2.45) is 0 Å². The fourth-order valence-electron chi connectivity index (χ4n) is 8.87. The minimum Gasteiger partial charge on any atom is -0.228 e. The highest BCUT2D eigenvalue weighted by atomic mass is 15.0. The molecule has 2 heterocycles. The molecule has 2 aromatic heterocycles. The lowest BCUT2D eigenvalue weighted by molar-refractivity contribution is 0.768. The van der Waals surface area contributed by atoms with Gasteiger partial charge in [0.2, 0.25) is 0 Å². The van der Waals surface area contributed by atoms with E-state index in [1.807, 2.05) is 97.1 Å². The molecule has 0 bridgehead atoms. The van der Waals surface area contributed by atoms with Crippen molar-refractivity contribution < 1.29 is 0 Å². The fourth-order valence-corrected chi connectivity index (χ4v) is 8.87. The first-order valence-electron chi connectivity index (χ1n) is 20.5. The van der Waals surface area contributed by atoms with E-state index in [1.54, 1.807) is 0 Å². The van der Waals surface area contributed by atoms with Crippen LogP contribution in [0.25, 0.3) is 79.2 Å². The molecule has 5 heteroatoms. The summed E-state index contributed by atoms with van der Waals surface area (Å²) < 4.78 is 0. The van der Waals surface area contributed by atoms with Crippen LogP contribution in [0.1, 0.15) is 22.3 Å². The quantitative estimate of drug-likeness (QED) is 0.154. The summed E-state index contributed by atoms with van der Waals surface area (Å²) in [4.78, 5) is 26.5. The highest BCUT2D eigenvalue weighted by Gasteiger charge is 2.46. The van der Waals surface area contributed by atoms with Crippen LogP contribution in [0, 0.1) is 0 Å². The molecule has 8 aromatic carbocycles. The van der Waals surface area contributed by atoms with Crippen LogP contribution in [-0.4, -0.2) is 24.9 Å². The Morgan fingerprint density at radius 3 is 1.11 bits per heavy atom. The second-order valence-corrected chi connectivity index (χ2v) is 15.2. The largest absolute Gasteiger partial charge is 0.228 e. The van der Waals surface area contributed by atoms with E-state index in [0.29, 0.717) is 23.3 Å². The number of fused-ring (bicyclic) bond motifs is 3. The van der Waals surface area contributed by atoms with E-state index in [4.69, 9.17) is 24.9 Å². The molecule has 1 aliphatic carbocycles. The Balaban J connectivity index is 1.28. The van der Waals surface area contributed by atoms with Crippen LogP contribution in [0.4, 0.5) is 0 Å². The van der Waals surface area contributed by atoms with Crippen molar-refractivity contribution in [1.29, 1.82) is 0 Å². The van der Waals surface area contributed by atoms with Crippen LogP contribution in [0.2, 0.25) is 0 Å². The number of rotatable bonds is 8. The lowest BCUT2D eigenvalue weighted by Gasteiger charge is -2.34. The Hall–Kier alpha value is -8.15. The maximum absolute atomic E-state index is 5.43. The summed E-state index contributed by atoms with van der Waals surface area (Å²) in [6, 6.07) is 78.0. The fraction of sp³-hybridized carbons (Fsp3) is 0.0179. The van der Waals surface area contributed by atoms with Crippen LogP contribution < -0.4 is 0 Å². The molecule has 1 aliphatic rings. The van der Waals surface area contributed by atoms with Gasteiger partial charge >= 0.3 is 0 Å². The van der Waals surface area contributed by atoms with Crippen molar-refractivity contribution in [2.45, 2.75) is 5.41 Å². The van der Waals surface area contributed by atoms with Gasteiger partial charge in [-0.05, 0) is 51.6 Å². The van der Waals surface area contributed by atoms with Crippen LogP contribution in [0.3, 0.4) is 0 Å². The second kappa shape index (κ2) is 15.2. The Morgan fingerprint density at radius 1 is 0.246 bits per heavy atom. The third-order valence-corrected chi connectivity index (χ3v) is 11.6. The SMILES string of the molecule is c1ccc(-c2cc(-c3ccccc3)nc(-c3cc4c(cc3-c3nc(-c5ccccc5)nc(-c5ccccc5)n3)-c3ccccc3C4(c3ccccc3)c3ccccc3)n2)cc1. The average Bonchev–Trinajstić information content (AvgIpc) is 3.65. The van der Waals surface area contributed by atoms with E-state index in [1.165, 1.54) is 16.7 Å². The molecule has 0 saturated carbocycles. The smallest absolute Gasteiger partial charge is 0.164 e. The molecule has 0 amide bonds. The van der Waals surface area contributed by atoms with Crippen molar-refractivity contribution >= 4 is 0 Å². The van der Waals surface area contributed by atoms with Gasteiger partial charge in [0, 0.05) is 33.4 Å². The third-order valence-electron chi connectivity index (χ3n) is 11.6. The molecule has 0 spiro atoms. The zero-order valence-electron chi connectivity index (χ0n) is 33.1. The van der Waals surface area contributed by atoms with E-state index in [0.717, 1.165) is 61.5 Å². The van der Waals surface area contributed by atoms with Crippen molar-refractivity contribution in [1.82, 2.24) is 24.9 Å². The molecule has 0 unspecified atom stereocenters. The van der Waals surface area contributed by atoms with Crippen molar-refractivity contribution in [2.75, 3.05) is 0 Å². The summed E-state index contributed by atoms with van der Waals surface area (Å²) in [7, 11) is 0. The zero-order valence-corrected chi connectivity index (χ0v) is 33.1. The molecule has 0 saturated heterocycles. The van der Waals surface area contributed by atoms with Crippen LogP contribution in [0.15, 0.2) is 224 Å². The molecule has 0 N–H and O–H groups in total. The average molecular weight is 780 g/mol. The van der Waals surface area contributed by atoms with Gasteiger partial charge in [-0.3, -0.25) is 0 Å². The molecular formula is C56H37N5. The van der Waals surface area contributed by atoms with Crippen molar-refractivity contribution in [3.63, 3.8) is 0 Å². The van der Waals surface area contributed by atoms with Gasteiger partial charge in [0.05, 0.1) is 16.8 Å². The molecular weight excluding hydrogens is 743 g/mol. The van der Waals surface area contributed by atoms with Gasteiger partial charge in [-0.15, -0.1) is 0 Å². The van der Waals surface area contributed by atoms with Crippen molar-refractivity contribution in [3.8, 4) is 79.2 Å². The maximum atomic E-state index is 5.43. The van der Waals surface area contributed by atoms with Gasteiger partial charge in [0.1, 0.15) is 0 Å². The van der Waals surface area contributed by atoms with Gasteiger partial charge in [0.15, 0.2) is 23.3 Å². The lowest BCUT2D eigenvalue weighted by atomic mass is 9.67. The van der Waals surface area contributed by atoms with Crippen LogP contribution >= 0.6 is 0 Å². The summed E-state index contributed by atoms with van der Waals surface area (Å²) in [5.41, 5.74) is 13.4. The summed E-state index contributed by atoms with van der Waals surface area (Å²) in [6.07, 6.45) is 0. The Morgan fingerprint density at radius 2 is 0.623 bits per heavy atom. The first kappa shape index (κ1) is 36.0. The standard InChI is InChI=1S/C56H37N5/c1-7-21-38(22-8-1)50-37-51(39-23-9-2-10-24-39)58-54(57-50)47-36-49-45(44-33-19-20-34-48(44)56(49,42-29-15-5-16-30-42)43-31-17-6-18-32-43)35-46(47)55-60-52(40-25-11-3-12-26-40)59-53(61-55)41-27-13-4-14-28-41/h1-37H. The normalized spacial score (nSPS) is 12.4. The Kier molecular flexibility index (Phi) is 8.98. The Bertz CT molecular complexity index is 3000. The van der Waals surface area contributed by atoms with Gasteiger partial charge in [-0.2, -0.15) is 0 Å². The first-order valence-corrected chi connectivity index (χ1v) is 20.5. The molecule has 5 nitrogen and oxygen atoms in total. The van der Waals surface area contributed by atoms with Crippen LogP contribution in [0.5, 0.6) is 0 Å². The van der Waals surface area contributed by atoms with E-state index in [9.17, 15) is 0 Å². The minimum atomic E-state index is -0.648.